The molecule has 0 fully saturated rings. The normalized spacial score (nSPS) is 10.8. The van der Waals surface area contributed by atoms with Crippen LogP contribution in [0.1, 0.15) is 87.1 Å². The summed E-state index contributed by atoms with van der Waals surface area (Å²) in [6.07, 6.45) is 12.2. The van der Waals surface area contributed by atoms with E-state index in [1.807, 2.05) is 25.1 Å². The number of carbonyl (C=O) groups is 1. The van der Waals surface area contributed by atoms with Gasteiger partial charge in [0, 0.05) is 17.0 Å². The molecule has 0 bridgehead atoms. The third-order valence-corrected chi connectivity index (χ3v) is 4.48. The maximum Gasteiger partial charge on any atom is 0.163 e. The van der Waals surface area contributed by atoms with Gasteiger partial charge >= 0.3 is 0 Å². The Hall–Kier alpha value is -0.820. The molecule has 0 heterocycles. The van der Waals surface area contributed by atoms with Crippen molar-refractivity contribution in [2.24, 2.45) is 0 Å². The number of hydrogen-bond acceptors (Lipinski definition) is 1. The van der Waals surface area contributed by atoms with Gasteiger partial charge < -0.3 is 0 Å². The van der Waals surface area contributed by atoms with E-state index in [1.165, 1.54) is 51.4 Å². The molecule has 0 N–H and O–H groups in total. The Bertz CT molecular complexity index is 426. The molecule has 1 aromatic carbocycles. The monoisotopic (exact) mass is 308 g/mol. The second kappa shape index (κ2) is 10.8. The number of hydrogen-bond donors (Lipinski definition) is 0. The van der Waals surface area contributed by atoms with E-state index >= 15 is 0 Å². The smallest absolute Gasteiger partial charge is 0.163 e. The van der Waals surface area contributed by atoms with Crippen molar-refractivity contribution in [3.8, 4) is 0 Å². The number of rotatable bonds is 11. The van der Waals surface area contributed by atoms with Crippen LogP contribution in [0.25, 0.3) is 0 Å². The highest BCUT2D eigenvalue weighted by molar-refractivity contribution is 6.31. The van der Waals surface area contributed by atoms with Crippen molar-refractivity contribution in [2.45, 2.75) is 78.1 Å². The van der Waals surface area contributed by atoms with Gasteiger partial charge in [-0.1, -0.05) is 82.0 Å². The third-order valence-electron chi connectivity index (χ3n) is 4.08. The summed E-state index contributed by atoms with van der Waals surface area (Å²) in [5.74, 6) is 0.234. The van der Waals surface area contributed by atoms with Gasteiger partial charge in [0.2, 0.25) is 0 Å². The zero-order chi connectivity index (χ0) is 15.5. The lowest BCUT2D eigenvalue weighted by molar-refractivity contribution is 0.0978. The quantitative estimate of drug-likeness (QED) is 0.326. The molecule has 0 aliphatic rings. The second-order valence-electron chi connectivity index (χ2n) is 5.91. The van der Waals surface area contributed by atoms with Gasteiger partial charge in [-0.15, -0.1) is 0 Å². The van der Waals surface area contributed by atoms with Crippen LogP contribution in [0.3, 0.4) is 0 Å². The van der Waals surface area contributed by atoms with Crippen molar-refractivity contribution in [3.05, 3.63) is 34.3 Å². The molecule has 0 aliphatic carbocycles. The van der Waals surface area contributed by atoms with Gasteiger partial charge in [0.05, 0.1) is 0 Å². The number of unbranched alkanes of at least 4 members (excludes halogenated alkanes) is 8. The van der Waals surface area contributed by atoms with E-state index in [0.717, 1.165) is 17.5 Å². The molecule has 0 saturated heterocycles. The summed E-state index contributed by atoms with van der Waals surface area (Å²) < 4.78 is 0. The molecule has 0 spiro atoms. The van der Waals surface area contributed by atoms with E-state index < -0.39 is 0 Å². The maximum atomic E-state index is 12.2. The zero-order valence-electron chi connectivity index (χ0n) is 13.6. The number of carbonyl (C=O) groups excluding carboxylic acids is 1. The highest BCUT2D eigenvalue weighted by Crippen LogP contribution is 2.21. The summed E-state index contributed by atoms with van der Waals surface area (Å²) in [4.78, 5) is 12.2. The molecule has 0 aromatic heterocycles. The van der Waals surface area contributed by atoms with Crippen LogP contribution in [-0.4, -0.2) is 5.78 Å². The van der Waals surface area contributed by atoms with Crippen LogP contribution in [0, 0.1) is 6.92 Å². The number of Topliss-reactive ketones (excluding diaryl/α,β-unsaturated/α-hetero) is 1. The average Bonchev–Trinajstić information content (AvgIpc) is 2.48. The van der Waals surface area contributed by atoms with Gasteiger partial charge in [-0.3, -0.25) is 4.79 Å². The average molecular weight is 309 g/mol. The number of ketones is 1. The first kappa shape index (κ1) is 18.2. The molecule has 0 amide bonds. The molecule has 0 radical (unpaired) electrons. The van der Waals surface area contributed by atoms with Crippen molar-refractivity contribution in [2.75, 3.05) is 0 Å². The number of halogens is 1. The first-order chi connectivity index (χ1) is 10.2. The fourth-order valence-corrected chi connectivity index (χ4v) is 2.81. The molecule has 0 unspecified atom stereocenters. The van der Waals surface area contributed by atoms with E-state index in [2.05, 4.69) is 6.92 Å². The fourth-order valence-electron chi connectivity index (χ4n) is 2.64. The van der Waals surface area contributed by atoms with Crippen LogP contribution in [-0.2, 0) is 0 Å². The van der Waals surface area contributed by atoms with Crippen LogP contribution in [0.4, 0.5) is 0 Å². The Balaban J connectivity index is 2.13. The summed E-state index contributed by atoms with van der Waals surface area (Å²) in [7, 11) is 0. The van der Waals surface area contributed by atoms with E-state index in [1.54, 1.807) is 0 Å². The lowest BCUT2D eigenvalue weighted by Gasteiger charge is -2.06. The molecule has 1 aromatic rings. The van der Waals surface area contributed by atoms with E-state index in [-0.39, 0.29) is 5.78 Å². The van der Waals surface area contributed by atoms with Crippen molar-refractivity contribution in [3.63, 3.8) is 0 Å². The molecular weight excluding hydrogens is 280 g/mol. The van der Waals surface area contributed by atoms with Gasteiger partial charge in [0.1, 0.15) is 0 Å². The minimum absolute atomic E-state index is 0.234. The van der Waals surface area contributed by atoms with E-state index in [0.29, 0.717) is 11.4 Å². The summed E-state index contributed by atoms with van der Waals surface area (Å²) in [5, 5.41) is 0.688. The van der Waals surface area contributed by atoms with Gasteiger partial charge in [0.25, 0.3) is 0 Å². The Morgan fingerprint density at radius 3 is 2.14 bits per heavy atom. The highest BCUT2D eigenvalue weighted by atomic mass is 35.5. The SMILES string of the molecule is CCCCCCCCCCCC(=O)c1cccc(Cl)c1C. The van der Waals surface area contributed by atoms with Crippen LogP contribution < -0.4 is 0 Å². The Morgan fingerprint density at radius 1 is 0.952 bits per heavy atom. The zero-order valence-corrected chi connectivity index (χ0v) is 14.3. The Kier molecular flexibility index (Phi) is 9.41. The molecule has 0 aliphatic heterocycles. The van der Waals surface area contributed by atoms with E-state index in [4.69, 9.17) is 11.6 Å². The molecule has 0 atom stereocenters. The van der Waals surface area contributed by atoms with Gasteiger partial charge in [-0.25, -0.2) is 0 Å². The molecule has 118 valence electrons. The minimum Gasteiger partial charge on any atom is -0.294 e. The first-order valence-electron chi connectivity index (χ1n) is 8.45. The van der Waals surface area contributed by atoms with Crippen LogP contribution >= 0.6 is 11.6 Å². The lowest BCUT2D eigenvalue weighted by atomic mass is 9.99. The van der Waals surface area contributed by atoms with Crippen LogP contribution in [0.2, 0.25) is 5.02 Å². The van der Waals surface area contributed by atoms with Crippen molar-refractivity contribution in [1.82, 2.24) is 0 Å². The largest absolute Gasteiger partial charge is 0.294 e. The highest BCUT2D eigenvalue weighted by Gasteiger charge is 2.10. The van der Waals surface area contributed by atoms with E-state index in [9.17, 15) is 4.79 Å². The predicted molar refractivity (Wildman–Crippen MR) is 92.4 cm³/mol. The summed E-state index contributed by atoms with van der Waals surface area (Å²) in [6, 6.07) is 5.59. The standard InChI is InChI=1S/C19H29ClO/c1-3-4-5-6-7-8-9-10-11-15-19(21)17-13-12-14-18(20)16(17)2/h12-14H,3-11,15H2,1-2H3. The number of benzene rings is 1. The minimum atomic E-state index is 0.234. The Labute approximate surface area is 135 Å². The third kappa shape index (κ3) is 7.13. The molecule has 0 saturated carbocycles. The van der Waals surface area contributed by atoms with Crippen molar-refractivity contribution >= 4 is 17.4 Å². The lowest BCUT2D eigenvalue weighted by Crippen LogP contribution is -2.02. The predicted octanol–water partition coefficient (Wildman–Crippen LogP) is 6.75. The van der Waals surface area contributed by atoms with Gasteiger partial charge in [-0.05, 0) is 25.0 Å². The van der Waals surface area contributed by atoms with Crippen LogP contribution in [0.15, 0.2) is 18.2 Å². The van der Waals surface area contributed by atoms with Crippen molar-refractivity contribution in [1.29, 1.82) is 0 Å². The molecule has 2 heteroatoms. The molecule has 21 heavy (non-hydrogen) atoms. The molecule has 1 nitrogen and oxygen atoms in total. The first-order valence-corrected chi connectivity index (χ1v) is 8.83. The summed E-state index contributed by atoms with van der Waals surface area (Å²) in [5.41, 5.74) is 1.71. The maximum absolute atomic E-state index is 12.2. The van der Waals surface area contributed by atoms with Gasteiger partial charge in [0.15, 0.2) is 5.78 Å². The topological polar surface area (TPSA) is 17.1 Å². The second-order valence-corrected chi connectivity index (χ2v) is 6.32. The van der Waals surface area contributed by atoms with Gasteiger partial charge in [-0.2, -0.15) is 0 Å². The van der Waals surface area contributed by atoms with Crippen molar-refractivity contribution < 1.29 is 4.79 Å². The summed E-state index contributed by atoms with van der Waals surface area (Å²) in [6.45, 7) is 4.17. The van der Waals surface area contributed by atoms with Crippen LogP contribution in [0.5, 0.6) is 0 Å². The Morgan fingerprint density at radius 2 is 1.52 bits per heavy atom. The molecule has 1 rings (SSSR count). The fraction of sp³-hybridized carbons (Fsp3) is 0.632. The molecular formula is C19H29ClO. The summed E-state index contributed by atoms with van der Waals surface area (Å²) >= 11 is 6.06.